The predicted octanol–water partition coefficient (Wildman–Crippen LogP) is 4.06. The van der Waals surface area contributed by atoms with Crippen LogP contribution in [-0.2, 0) is 11.3 Å². The SMILES string of the molecule is CCN(CC)c1ccc(/C=N\NC(=O)CSc2nnc(-c3ccc(OC)cc3)n2CC)cc1. The van der Waals surface area contributed by atoms with Crippen LogP contribution in [0.1, 0.15) is 26.3 Å². The van der Waals surface area contributed by atoms with Crippen LogP contribution in [-0.4, -0.2) is 52.8 Å². The maximum Gasteiger partial charge on any atom is 0.250 e. The van der Waals surface area contributed by atoms with E-state index >= 15 is 0 Å². The zero-order valence-electron chi connectivity index (χ0n) is 19.5. The molecule has 1 aromatic heterocycles. The van der Waals surface area contributed by atoms with E-state index in [4.69, 9.17) is 4.74 Å². The van der Waals surface area contributed by atoms with Gasteiger partial charge in [-0.3, -0.25) is 4.79 Å². The molecule has 0 saturated carbocycles. The van der Waals surface area contributed by atoms with E-state index < -0.39 is 0 Å². The number of methoxy groups -OCH3 is 1. The maximum atomic E-state index is 12.3. The first-order valence-electron chi connectivity index (χ1n) is 11.0. The number of amides is 1. The van der Waals surface area contributed by atoms with Gasteiger partial charge >= 0.3 is 0 Å². The highest BCUT2D eigenvalue weighted by atomic mass is 32.2. The monoisotopic (exact) mass is 466 g/mol. The molecule has 1 amide bonds. The molecule has 3 aromatic rings. The highest BCUT2D eigenvalue weighted by Gasteiger charge is 2.14. The van der Waals surface area contributed by atoms with Gasteiger partial charge in [-0.1, -0.05) is 23.9 Å². The standard InChI is InChI=1S/C24H30N6O2S/c1-5-29(6-2)20-12-8-18(9-13-20)16-25-26-22(31)17-33-24-28-27-23(30(24)7-3)19-10-14-21(32-4)15-11-19/h8-16H,5-7,17H2,1-4H3,(H,26,31)/b25-16-. The van der Waals surface area contributed by atoms with Gasteiger partial charge in [0.1, 0.15) is 5.75 Å². The zero-order valence-corrected chi connectivity index (χ0v) is 20.3. The van der Waals surface area contributed by atoms with Crippen molar-refractivity contribution in [3.8, 4) is 17.1 Å². The van der Waals surface area contributed by atoms with Crippen molar-refractivity contribution in [2.24, 2.45) is 5.10 Å². The molecule has 1 N–H and O–H groups in total. The van der Waals surface area contributed by atoms with Crippen LogP contribution in [0.15, 0.2) is 58.8 Å². The third-order valence-electron chi connectivity index (χ3n) is 5.14. The second-order valence-corrected chi connectivity index (χ2v) is 8.07. The topological polar surface area (TPSA) is 84.6 Å². The number of nitrogens with one attached hydrogen (secondary N) is 1. The second-order valence-electron chi connectivity index (χ2n) is 7.12. The highest BCUT2D eigenvalue weighted by Crippen LogP contribution is 2.25. The van der Waals surface area contributed by atoms with Crippen LogP contribution in [0.5, 0.6) is 5.75 Å². The Morgan fingerprint density at radius 2 is 1.79 bits per heavy atom. The number of carbonyl (C=O) groups excluding carboxylic acids is 1. The fraction of sp³-hybridized carbons (Fsp3) is 0.333. The summed E-state index contributed by atoms with van der Waals surface area (Å²) in [7, 11) is 1.64. The number of carbonyl (C=O) groups is 1. The summed E-state index contributed by atoms with van der Waals surface area (Å²) >= 11 is 1.33. The average molecular weight is 467 g/mol. The van der Waals surface area contributed by atoms with Crippen LogP contribution < -0.4 is 15.1 Å². The molecule has 33 heavy (non-hydrogen) atoms. The van der Waals surface area contributed by atoms with Gasteiger partial charge in [-0.25, -0.2) is 5.43 Å². The molecule has 3 rings (SSSR count). The van der Waals surface area contributed by atoms with Crippen LogP contribution in [0.4, 0.5) is 5.69 Å². The van der Waals surface area contributed by atoms with Crippen LogP contribution in [0.25, 0.3) is 11.4 Å². The summed E-state index contributed by atoms with van der Waals surface area (Å²) in [6.45, 7) is 8.91. The number of hydrogen-bond donors (Lipinski definition) is 1. The van der Waals surface area contributed by atoms with Crippen molar-refractivity contribution in [3.63, 3.8) is 0 Å². The van der Waals surface area contributed by atoms with E-state index in [1.54, 1.807) is 13.3 Å². The molecule has 0 atom stereocenters. The third-order valence-corrected chi connectivity index (χ3v) is 6.10. The quantitative estimate of drug-likeness (QED) is 0.261. The molecular formula is C24H30N6O2S. The van der Waals surface area contributed by atoms with Gasteiger partial charge in [-0.2, -0.15) is 5.10 Å². The molecule has 0 unspecified atom stereocenters. The summed E-state index contributed by atoms with van der Waals surface area (Å²) in [5, 5.41) is 13.3. The lowest BCUT2D eigenvalue weighted by Crippen LogP contribution is -2.21. The Hall–Kier alpha value is -3.33. The molecule has 0 spiro atoms. The van der Waals surface area contributed by atoms with Crippen molar-refractivity contribution in [2.45, 2.75) is 32.5 Å². The summed E-state index contributed by atoms with van der Waals surface area (Å²) < 4.78 is 7.20. The number of hydrazone groups is 1. The molecule has 0 aliphatic carbocycles. The first-order chi connectivity index (χ1) is 16.1. The zero-order chi connectivity index (χ0) is 23.6. The minimum Gasteiger partial charge on any atom is -0.497 e. The van der Waals surface area contributed by atoms with E-state index in [0.717, 1.165) is 35.8 Å². The Bertz CT molecular complexity index is 1060. The first kappa shape index (κ1) is 24.3. The van der Waals surface area contributed by atoms with Crippen molar-refractivity contribution in [3.05, 3.63) is 54.1 Å². The normalized spacial score (nSPS) is 11.0. The molecule has 9 heteroatoms. The van der Waals surface area contributed by atoms with Gasteiger partial charge < -0.3 is 14.2 Å². The maximum absolute atomic E-state index is 12.3. The molecule has 0 radical (unpaired) electrons. The predicted molar refractivity (Wildman–Crippen MR) is 134 cm³/mol. The number of rotatable bonds is 11. The Morgan fingerprint density at radius 1 is 1.09 bits per heavy atom. The third kappa shape index (κ3) is 6.35. The highest BCUT2D eigenvalue weighted by molar-refractivity contribution is 7.99. The van der Waals surface area contributed by atoms with Crippen LogP contribution in [0, 0.1) is 0 Å². The number of thioether (sulfide) groups is 1. The Labute approximate surface area is 199 Å². The van der Waals surface area contributed by atoms with Gasteiger partial charge in [0.15, 0.2) is 11.0 Å². The molecule has 2 aromatic carbocycles. The van der Waals surface area contributed by atoms with Crippen LogP contribution in [0.3, 0.4) is 0 Å². The fourth-order valence-corrected chi connectivity index (χ4v) is 4.13. The number of hydrogen-bond acceptors (Lipinski definition) is 7. The molecule has 0 bridgehead atoms. The molecule has 0 fully saturated rings. The fourth-order valence-electron chi connectivity index (χ4n) is 3.34. The van der Waals surface area contributed by atoms with Gasteiger partial charge in [-0.05, 0) is 62.7 Å². The lowest BCUT2D eigenvalue weighted by Gasteiger charge is -2.20. The van der Waals surface area contributed by atoms with Gasteiger partial charge in [0, 0.05) is 30.9 Å². The van der Waals surface area contributed by atoms with E-state index in [1.807, 2.05) is 47.9 Å². The number of nitrogens with zero attached hydrogens (tertiary/aromatic N) is 5. The van der Waals surface area contributed by atoms with Gasteiger partial charge in [-0.15, -0.1) is 10.2 Å². The molecule has 0 aliphatic heterocycles. The number of anilines is 1. The van der Waals surface area contributed by atoms with E-state index in [2.05, 4.69) is 51.6 Å². The summed E-state index contributed by atoms with van der Waals surface area (Å²) in [5.41, 5.74) is 5.62. The number of ether oxygens (including phenoxy) is 1. The van der Waals surface area contributed by atoms with Crippen molar-refractivity contribution >= 4 is 29.6 Å². The number of benzene rings is 2. The smallest absolute Gasteiger partial charge is 0.250 e. The lowest BCUT2D eigenvalue weighted by molar-refractivity contribution is -0.118. The molecule has 174 valence electrons. The Kier molecular flexibility index (Phi) is 8.88. The lowest BCUT2D eigenvalue weighted by atomic mass is 10.2. The second kappa shape index (κ2) is 12.1. The molecular weight excluding hydrogens is 436 g/mol. The van der Waals surface area contributed by atoms with E-state index in [9.17, 15) is 4.79 Å². The Balaban J connectivity index is 1.55. The summed E-state index contributed by atoms with van der Waals surface area (Å²) in [6, 6.07) is 15.8. The largest absolute Gasteiger partial charge is 0.497 e. The van der Waals surface area contributed by atoms with E-state index in [1.165, 1.54) is 17.4 Å². The van der Waals surface area contributed by atoms with Gasteiger partial charge in [0.05, 0.1) is 19.1 Å². The van der Waals surface area contributed by atoms with Crippen molar-refractivity contribution in [1.29, 1.82) is 0 Å². The first-order valence-corrected chi connectivity index (χ1v) is 11.9. The van der Waals surface area contributed by atoms with E-state index in [-0.39, 0.29) is 11.7 Å². The summed E-state index contributed by atoms with van der Waals surface area (Å²) in [5.74, 6) is 1.54. The number of aromatic nitrogens is 3. The summed E-state index contributed by atoms with van der Waals surface area (Å²) in [4.78, 5) is 14.5. The van der Waals surface area contributed by atoms with Crippen molar-refractivity contribution in [1.82, 2.24) is 20.2 Å². The van der Waals surface area contributed by atoms with Crippen LogP contribution >= 0.6 is 11.8 Å². The minimum atomic E-state index is -0.201. The molecule has 8 nitrogen and oxygen atoms in total. The summed E-state index contributed by atoms with van der Waals surface area (Å²) in [6.07, 6.45) is 1.64. The molecule has 0 saturated heterocycles. The van der Waals surface area contributed by atoms with Crippen molar-refractivity contribution in [2.75, 3.05) is 30.9 Å². The Morgan fingerprint density at radius 3 is 2.39 bits per heavy atom. The molecule has 1 heterocycles. The van der Waals surface area contributed by atoms with Crippen LogP contribution in [0.2, 0.25) is 0 Å². The average Bonchev–Trinajstić information content (AvgIpc) is 3.27. The van der Waals surface area contributed by atoms with Gasteiger partial charge in [0.25, 0.3) is 5.91 Å². The van der Waals surface area contributed by atoms with E-state index in [0.29, 0.717) is 11.7 Å². The molecule has 0 aliphatic rings. The minimum absolute atomic E-state index is 0.193. The van der Waals surface area contributed by atoms with Gasteiger partial charge in [0.2, 0.25) is 0 Å². The van der Waals surface area contributed by atoms with Crippen molar-refractivity contribution < 1.29 is 9.53 Å².